The number of methoxy groups -OCH3 is 1. The van der Waals surface area contributed by atoms with Crippen LogP contribution in [0.3, 0.4) is 0 Å². The molecular formula is C11H23BFO7P. The molecule has 1 aliphatic heterocycles. The Morgan fingerprint density at radius 2 is 2.14 bits per heavy atom. The molecule has 10 heteroatoms. The maximum atomic E-state index is 14.7. The Labute approximate surface area is 124 Å². The van der Waals surface area contributed by atoms with E-state index in [2.05, 4.69) is 4.52 Å². The van der Waals surface area contributed by atoms with Crippen LogP contribution in [0.1, 0.15) is 26.7 Å². The minimum atomic E-state index is -4.50. The van der Waals surface area contributed by atoms with E-state index < -0.39 is 50.0 Å². The second-order valence-electron chi connectivity index (χ2n) is 5.30. The van der Waals surface area contributed by atoms with E-state index in [4.69, 9.17) is 14.6 Å². The average molecular weight is 328 g/mol. The van der Waals surface area contributed by atoms with Crippen molar-refractivity contribution >= 4 is 15.4 Å². The van der Waals surface area contributed by atoms with Gasteiger partial charge in [-0.15, -0.1) is 0 Å². The van der Waals surface area contributed by atoms with Crippen molar-refractivity contribution in [3.05, 3.63) is 0 Å². The molecule has 0 radical (unpaired) electrons. The summed E-state index contributed by atoms with van der Waals surface area (Å²) < 4.78 is 41.4. The van der Waals surface area contributed by atoms with E-state index in [0.29, 0.717) is 0 Å². The highest BCUT2D eigenvalue weighted by atomic mass is 31.2. The zero-order chi connectivity index (χ0) is 16.4. The molecule has 124 valence electrons. The van der Waals surface area contributed by atoms with Crippen molar-refractivity contribution in [3.8, 4) is 0 Å². The molecule has 1 saturated heterocycles. The highest BCUT2D eigenvalue weighted by molar-refractivity contribution is 7.53. The third-order valence-electron chi connectivity index (χ3n) is 3.64. The largest absolute Gasteiger partial charge is 0.388 e. The van der Waals surface area contributed by atoms with Gasteiger partial charge in [0.1, 0.15) is 20.1 Å². The third-order valence-corrected chi connectivity index (χ3v) is 5.18. The Hall–Kier alpha value is -0.0151. The fourth-order valence-corrected chi connectivity index (χ4v) is 3.11. The molecule has 7 nitrogen and oxygen atoms in total. The first kappa shape index (κ1) is 19.0. The summed E-state index contributed by atoms with van der Waals surface area (Å²) in [6.45, 7) is 2.47. The second kappa shape index (κ2) is 7.04. The van der Waals surface area contributed by atoms with Crippen molar-refractivity contribution in [1.82, 2.24) is 0 Å². The molecule has 0 aromatic rings. The minimum Gasteiger partial charge on any atom is -0.388 e. The zero-order valence-electron chi connectivity index (χ0n) is 12.6. The molecule has 0 aromatic heterocycles. The van der Waals surface area contributed by atoms with E-state index >= 15 is 0 Å². The number of alkyl halides is 1. The molecule has 0 bridgehead atoms. The molecule has 0 aromatic carbocycles. The topological polar surface area (TPSA) is 105 Å². The van der Waals surface area contributed by atoms with E-state index in [0.717, 1.165) is 6.92 Å². The lowest BCUT2D eigenvalue weighted by atomic mass is 9.92. The first-order valence-electron chi connectivity index (χ1n) is 6.83. The molecule has 21 heavy (non-hydrogen) atoms. The molecule has 0 spiro atoms. The lowest BCUT2D eigenvalue weighted by Gasteiger charge is -2.30. The second-order valence-corrected chi connectivity index (χ2v) is 7.36. The van der Waals surface area contributed by atoms with Gasteiger partial charge in [-0.05, 0) is 6.92 Å². The minimum absolute atomic E-state index is 0.233. The van der Waals surface area contributed by atoms with Gasteiger partial charge in [-0.3, -0.25) is 9.09 Å². The maximum absolute atomic E-state index is 14.7. The highest BCUT2D eigenvalue weighted by Gasteiger charge is 2.48. The van der Waals surface area contributed by atoms with E-state index in [1.165, 1.54) is 14.0 Å². The third kappa shape index (κ3) is 4.48. The number of ether oxygens (including phenoxy) is 2. The normalized spacial score (nSPS) is 36.9. The smallest absolute Gasteiger partial charge is 0.358 e. The van der Waals surface area contributed by atoms with Gasteiger partial charge in [0, 0.05) is 20.0 Å². The Balaban J connectivity index is 2.80. The summed E-state index contributed by atoms with van der Waals surface area (Å²) in [4.78, 5) is 9.46. The van der Waals surface area contributed by atoms with Crippen molar-refractivity contribution < 1.29 is 38.1 Å². The number of aliphatic hydroxyl groups is 2. The van der Waals surface area contributed by atoms with Crippen LogP contribution in [0, 0.1) is 0 Å². The Morgan fingerprint density at radius 1 is 1.57 bits per heavy atom. The number of rotatable bonds is 7. The molecule has 1 aliphatic rings. The van der Waals surface area contributed by atoms with Crippen LogP contribution in [-0.4, -0.2) is 66.1 Å². The lowest BCUT2D eigenvalue weighted by molar-refractivity contribution is -0.121. The molecule has 0 saturated carbocycles. The van der Waals surface area contributed by atoms with Gasteiger partial charge in [-0.1, -0.05) is 6.92 Å². The molecule has 1 fully saturated rings. The highest BCUT2D eigenvalue weighted by Crippen LogP contribution is 2.52. The average Bonchev–Trinajstić information content (AvgIpc) is 2.63. The molecule has 0 amide bonds. The van der Waals surface area contributed by atoms with Gasteiger partial charge in [-0.25, -0.2) is 4.39 Å². The summed E-state index contributed by atoms with van der Waals surface area (Å²) in [7, 11) is -1.42. The van der Waals surface area contributed by atoms with Crippen LogP contribution in [0.25, 0.3) is 0 Å². The van der Waals surface area contributed by atoms with Crippen LogP contribution in [0.4, 0.5) is 4.39 Å². The molecular weight excluding hydrogens is 305 g/mol. The molecule has 3 N–H and O–H groups in total. The zero-order valence-corrected chi connectivity index (χ0v) is 13.5. The predicted octanol–water partition coefficient (Wildman–Crippen LogP) is -0.274. The molecule has 1 heterocycles. The summed E-state index contributed by atoms with van der Waals surface area (Å²) >= 11 is 0. The summed E-state index contributed by atoms with van der Waals surface area (Å²) in [6, 6.07) is -0.436. The number of hydrogen-bond acceptors (Lipinski definition) is 6. The van der Waals surface area contributed by atoms with Crippen LogP contribution >= 0.6 is 7.60 Å². The van der Waals surface area contributed by atoms with Gasteiger partial charge in [0.05, 0.1) is 12.1 Å². The van der Waals surface area contributed by atoms with Crippen molar-refractivity contribution in [3.63, 3.8) is 0 Å². The van der Waals surface area contributed by atoms with Crippen LogP contribution < -0.4 is 0 Å². The number of hydrogen-bond donors (Lipinski definition) is 3. The quantitative estimate of drug-likeness (QED) is 0.436. The van der Waals surface area contributed by atoms with Crippen LogP contribution in [-0.2, 0) is 18.6 Å². The SMILES string of the molecule is B[C@@H]1O[C@H](CC(F)(CC)OP(=O)(O)C(C)O)[C@@H](O)[C@H]1OC. The fourth-order valence-electron chi connectivity index (χ4n) is 2.28. The van der Waals surface area contributed by atoms with Crippen molar-refractivity contribution in [1.29, 1.82) is 0 Å². The van der Waals surface area contributed by atoms with Gasteiger partial charge in [-0.2, -0.15) is 0 Å². The molecule has 3 unspecified atom stereocenters. The summed E-state index contributed by atoms with van der Waals surface area (Å²) in [5, 5.41) is 19.2. The Kier molecular flexibility index (Phi) is 6.38. The van der Waals surface area contributed by atoms with Crippen molar-refractivity contribution in [2.45, 2.75) is 62.7 Å². The van der Waals surface area contributed by atoms with Gasteiger partial charge in [0.25, 0.3) is 0 Å². The fraction of sp³-hybridized carbons (Fsp3) is 1.00. The van der Waals surface area contributed by atoms with Crippen LogP contribution in [0.5, 0.6) is 0 Å². The van der Waals surface area contributed by atoms with Crippen molar-refractivity contribution in [2.75, 3.05) is 7.11 Å². The Morgan fingerprint density at radius 3 is 2.52 bits per heavy atom. The van der Waals surface area contributed by atoms with E-state index in [1.807, 2.05) is 0 Å². The molecule has 1 rings (SSSR count). The monoisotopic (exact) mass is 328 g/mol. The maximum Gasteiger partial charge on any atom is 0.358 e. The Bertz CT molecular complexity index is 399. The lowest BCUT2D eigenvalue weighted by Crippen LogP contribution is -2.39. The van der Waals surface area contributed by atoms with Crippen molar-refractivity contribution in [2.24, 2.45) is 0 Å². The van der Waals surface area contributed by atoms with Gasteiger partial charge >= 0.3 is 7.60 Å². The first-order chi connectivity index (χ1) is 9.56. The van der Waals surface area contributed by atoms with Gasteiger partial charge in [0.2, 0.25) is 5.85 Å². The molecule has 7 atom stereocenters. The van der Waals surface area contributed by atoms with Crippen LogP contribution in [0.15, 0.2) is 0 Å². The van der Waals surface area contributed by atoms with E-state index in [-0.39, 0.29) is 6.42 Å². The molecule has 0 aliphatic carbocycles. The summed E-state index contributed by atoms with van der Waals surface area (Å²) in [5.74, 6) is -4.20. The summed E-state index contributed by atoms with van der Waals surface area (Å²) in [6.07, 6.45) is -3.27. The summed E-state index contributed by atoms with van der Waals surface area (Å²) in [5.41, 5.74) is 0. The first-order valence-corrected chi connectivity index (χ1v) is 8.47. The number of aliphatic hydroxyl groups excluding tert-OH is 2. The van der Waals surface area contributed by atoms with E-state index in [9.17, 15) is 19.0 Å². The van der Waals surface area contributed by atoms with Crippen LogP contribution in [0.2, 0.25) is 0 Å². The van der Waals surface area contributed by atoms with E-state index in [1.54, 1.807) is 7.85 Å². The van der Waals surface area contributed by atoms with Gasteiger partial charge < -0.3 is 24.6 Å². The number of halogens is 1. The predicted molar refractivity (Wildman–Crippen MR) is 75.3 cm³/mol. The van der Waals surface area contributed by atoms with Gasteiger partial charge in [0.15, 0.2) is 5.85 Å². The standard InChI is InChI=1S/C11H23BFO7P/c1-4-11(13,20-21(16,17)6(2)14)5-7-8(15)9(18-3)10(12)19-7/h6-10,14-15H,4-5,12H2,1-3H3,(H,16,17)/t6?,7-,8-,9-,10-,11?/m1/s1.